The number of nitrogens with zero attached hydrogens (tertiary/aromatic N) is 2. The van der Waals surface area contributed by atoms with Gasteiger partial charge in [-0.25, -0.2) is 4.98 Å². The van der Waals surface area contributed by atoms with Crippen molar-refractivity contribution in [1.29, 1.82) is 0 Å². The van der Waals surface area contributed by atoms with Gasteiger partial charge in [-0.2, -0.15) is 0 Å². The van der Waals surface area contributed by atoms with E-state index in [1.54, 1.807) is 16.2 Å². The first-order chi connectivity index (χ1) is 6.18. The Bertz CT molecular complexity index is 334. The molecule has 1 unspecified atom stereocenters. The van der Waals surface area contributed by atoms with Crippen molar-refractivity contribution >= 4 is 17.2 Å². The minimum absolute atomic E-state index is 0.228. The van der Waals surface area contributed by atoms with E-state index in [0.29, 0.717) is 6.42 Å². The Morgan fingerprint density at radius 2 is 2.46 bits per heavy atom. The Labute approximate surface area is 81.4 Å². The van der Waals surface area contributed by atoms with E-state index in [1.807, 2.05) is 19.4 Å². The maximum absolute atomic E-state index is 11.3. The van der Waals surface area contributed by atoms with E-state index < -0.39 is 0 Å². The van der Waals surface area contributed by atoms with Crippen molar-refractivity contribution in [3.8, 4) is 0 Å². The van der Waals surface area contributed by atoms with Gasteiger partial charge in [0.05, 0.1) is 6.04 Å². The second kappa shape index (κ2) is 3.10. The maximum Gasteiger partial charge on any atom is 0.222 e. The quantitative estimate of drug-likeness (QED) is 0.685. The molecular weight excluding hydrogens is 184 g/mol. The van der Waals surface area contributed by atoms with E-state index in [1.165, 1.54) is 0 Å². The molecule has 3 nitrogen and oxygen atoms in total. The van der Waals surface area contributed by atoms with E-state index in [0.717, 1.165) is 17.1 Å². The van der Waals surface area contributed by atoms with Crippen LogP contribution in [0.4, 0.5) is 0 Å². The second-order valence-electron chi connectivity index (χ2n) is 3.39. The summed E-state index contributed by atoms with van der Waals surface area (Å²) in [6, 6.07) is 0.228. The van der Waals surface area contributed by atoms with Crippen molar-refractivity contribution in [3.05, 3.63) is 16.1 Å². The van der Waals surface area contributed by atoms with Crippen molar-refractivity contribution in [2.24, 2.45) is 0 Å². The van der Waals surface area contributed by atoms with Crippen LogP contribution < -0.4 is 0 Å². The number of hydrogen-bond acceptors (Lipinski definition) is 3. The highest BCUT2D eigenvalue weighted by Gasteiger charge is 2.30. The normalized spacial score (nSPS) is 22.8. The molecule has 0 radical (unpaired) electrons. The average Bonchev–Trinajstić information content (AvgIpc) is 2.62. The molecule has 0 N–H and O–H groups in total. The lowest BCUT2D eigenvalue weighted by Gasteiger charge is -2.16. The Morgan fingerprint density at radius 3 is 2.92 bits per heavy atom. The first kappa shape index (κ1) is 8.69. The van der Waals surface area contributed by atoms with Crippen molar-refractivity contribution in [1.82, 2.24) is 9.88 Å². The first-order valence-electron chi connectivity index (χ1n) is 4.36. The zero-order valence-electron chi connectivity index (χ0n) is 7.78. The summed E-state index contributed by atoms with van der Waals surface area (Å²) < 4.78 is 0. The average molecular weight is 196 g/mol. The van der Waals surface area contributed by atoms with Gasteiger partial charge in [-0.05, 0) is 13.3 Å². The van der Waals surface area contributed by atoms with Crippen LogP contribution in [0.5, 0.6) is 0 Å². The maximum atomic E-state index is 11.3. The van der Waals surface area contributed by atoms with E-state index >= 15 is 0 Å². The van der Waals surface area contributed by atoms with Crippen LogP contribution in [-0.2, 0) is 4.79 Å². The van der Waals surface area contributed by atoms with Crippen LogP contribution in [0.15, 0.2) is 5.38 Å². The minimum Gasteiger partial charge on any atom is -0.336 e. The molecule has 0 spiro atoms. The van der Waals surface area contributed by atoms with Crippen LogP contribution in [0.2, 0.25) is 0 Å². The van der Waals surface area contributed by atoms with E-state index in [9.17, 15) is 4.79 Å². The SMILES string of the molecule is Cc1csc(C2CCC(=O)N2C)n1. The third-order valence-corrected chi connectivity index (χ3v) is 3.48. The summed E-state index contributed by atoms with van der Waals surface area (Å²) in [6.07, 6.45) is 1.59. The number of amides is 1. The molecule has 0 saturated carbocycles. The lowest BCUT2D eigenvalue weighted by Crippen LogP contribution is -2.22. The molecular formula is C9H12N2OS. The number of carbonyl (C=O) groups excluding carboxylic acids is 1. The van der Waals surface area contributed by atoms with Gasteiger partial charge in [-0.15, -0.1) is 11.3 Å². The predicted octanol–water partition coefficient (Wildman–Crippen LogP) is 1.74. The molecule has 13 heavy (non-hydrogen) atoms. The Hall–Kier alpha value is -0.900. The Balaban J connectivity index is 2.23. The summed E-state index contributed by atoms with van der Waals surface area (Å²) in [5.41, 5.74) is 1.05. The van der Waals surface area contributed by atoms with Crippen molar-refractivity contribution in [2.45, 2.75) is 25.8 Å². The van der Waals surface area contributed by atoms with Gasteiger partial charge in [0.1, 0.15) is 5.01 Å². The molecule has 0 bridgehead atoms. The molecule has 1 aromatic heterocycles. The van der Waals surface area contributed by atoms with Crippen molar-refractivity contribution in [2.75, 3.05) is 7.05 Å². The molecule has 1 atom stereocenters. The minimum atomic E-state index is 0.228. The van der Waals surface area contributed by atoms with Crippen LogP contribution in [0, 0.1) is 6.92 Å². The fourth-order valence-corrected chi connectivity index (χ4v) is 2.59. The molecule has 2 heterocycles. The summed E-state index contributed by atoms with van der Waals surface area (Å²) in [5.74, 6) is 0.234. The molecule has 0 aliphatic carbocycles. The number of thiazole rings is 1. The lowest BCUT2D eigenvalue weighted by molar-refractivity contribution is -0.127. The van der Waals surface area contributed by atoms with Gasteiger partial charge in [0.25, 0.3) is 0 Å². The van der Waals surface area contributed by atoms with Crippen LogP contribution in [0.25, 0.3) is 0 Å². The highest BCUT2D eigenvalue weighted by molar-refractivity contribution is 7.09. The molecule has 1 saturated heterocycles. The Morgan fingerprint density at radius 1 is 1.69 bits per heavy atom. The van der Waals surface area contributed by atoms with Crippen molar-refractivity contribution < 1.29 is 4.79 Å². The van der Waals surface area contributed by atoms with Gasteiger partial charge in [-0.1, -0.05) is 0 Å². The standard InChI is InChI=1S/C9H12N2OS/c1-6-5-13-9(10-6)7-3-4-8(12)11(7)2/h5,7H,3-4H2,1-2H3. The number of aryl methyl sites for hydroxylation is 1. The largest absolute Gasteiger partial charge is 0.336 e. The summed E-state index contributed by atoms with van der Waals surface area (Å²) in [6.45, 7) is 1.98. The lowest BCUT2D eigenvalue weighted by atomic mass is 10.2. The van der Waals surface area contributed by atoms with Gasteiger partial charge in [0.2, 0.25) is 5.91 Å². The molecule has 1 amide bonds. The monoisotopic (exact) mass is 196 g/mol. The van der Waals surface area contributed by atoms with Gasteiger partial charge in [-0.3, -0.25) is 4.79 Å². The van der Waals surface area contributed by atoms with E-state index in [2.05, 4.69) is 4.98 Å². The second-order valence-corrected chi connectivity index (χ2v) is 4.28. The number of aromatic nitrogens is 1. The number of likely N-dealkylation sites (tertiary alicyclic amines) is 1. The fraction of sp³-hybridized carbons (Fsp3) is 0.556. The third-order valence-electron chi connectivity index (χ3n) is 2.41. The molecule has 1 fully saturated rings. The first-order valence-corrected chi connectivity index (χ1v) is 5.24. The highest BCUT2D eigenvalue weighted by Crippen LogP contribution is 2.32. The van der Waals surface area contributed by atoms with Crippen LogP contribution in [0.3, 0.4) is 0 Å². The van der Waals surface area contributed by atoms with Gasteiger partial charge < -0.3 is 4.90 Å². The summed E-state index contributed by atoms with van der Waals surface area (Å²) in [4.78, 5) is 17.5. The molecule has 70 valence electrons. The summed E-state index contributed by atoms with van der Waals surface area (Å²) in [5, 5.41) is 3.11. The molecule has 1 aliphatic rings. The van der Waals surface area contributed by atoms with E-state index in [4.69, 9.17) is 0 Å². The zero-order valence-corrected chi connectivity index (χ0v) is 8.60. The molecule has 4 heteroatoms. The van der Waals surface area contributed by atoms with Crippen LogP contribution in [0.1, 0.15) is 29.6 Å². The van der Waals surface area contributed by atoms with Gasteiger partial charge in [0, 0.05) is 24.5 Å². The number of hydrogen-bond donors (Lipinski definition) is 0. The smallest absolute Gasteiger partial charge is 0.222 e. The third kappa shape index (κ3) is 1.46. The summed E-state index contributed by atoms with van der Waals surface area (Å²) in [7, 11) is 1.86. The highest BCUT2D eigenvalue weighted by atomic mass is 32.1. The summed E-state index contributed by atoms with van der Waals surface area (Å²) >= 11 is 1.65. The van der Waals surface area contributed by atoms with Gasteiger partial charge in [0.15, 0.2) is 0 Å². The Kier molecular flexibility index (Phi) is 2.07. The molecule has 1 aliphatic heterocycles. The number of carbonyl (C=O) groups is 1. The topological polar surface area (TPSA) is 33.2 Å². The fourth-order valence-electron chi connectivity index (χ4n) is 1.62. The molecule has 1 aromatic rings. The van der Waals surface area contributed by atoms with Crippen LogP contribution in [-0.4, -0.2) is 22.8 Å². The number of rotatable bonds is 1. The predicted molar refractivity (Wildman–Crippen MR) is 51.6 cm³/mol. The molecule has 0 aromatic carbocycles. The van der Waals surface area contributed by atoms with E-state index in [-0.39, 0.29) is 11.9 Å². The van der Waals surface area contributed by atoms with Crippen LogP contribution >= 0.6 is 11.3 Å². The van der Waals surface area contributed by atoms with Gasteiger partial charge >= 0.3 is 0 Å². The zero-order chi connectivity index (χ0) is 9.42. The van der Waals surface area contributed by atoms with Crippen molar-refractivity contribution in [3.63, 3.8) is 0 Å². The molecule has 2 rings (SSSR count).